The van der Waals surface area contributed by atoms with Gasteiger partial charge in [0, 0.05) is 17.2 Å². The van der Waals surface area contributed by atoms with Crippen LogP contribution in [-0.2, 0) is 0 Å². The maximum atomic E-state index is 8.36. The smallest absolute Gasteiger partial charge is 0.119 e. The molecule has 1 aromatic rings. The first-order valence-electron chi connectivity index (χ1n) is 3.23. The Morgan fingerprint density at radius 1 is 1.82 bits per heavy atom. The lowest BCUT2D eigenvalue weighted by molar-refractivity contribution is 1.24. The van der Waals surface area contributed by atoms with E-state index >= 15 is 0 Å². The number of rotatable bonds is 1. The SMILES string of the molecule is CC(=CC#N)c1nc(C)cs1. The van der Waals surface area contributed by atoms with Crippen LogP contribution in [0.2, 0.25) is 0 Å². The van der Waals surface area contributed by atoms with Crippen molar-refractivity contribution in [3.05, 3.63) is 22.2 Å². The Morgan fingerprint density at radius 3 is 3.00 bits per heavy atom. The number of aromatic nitrogens is 1. The van der Waals surface area contributed by atoms with E-state index in [2.05, 4.69) is 4.98 Å². The van der Waals surface area contributed by atoms with Crippen LogP contribution in [0.15, 0.2) is 11.5 Å². The summed E-state index contributed by atoms with van der Waals surface area (Å²) < 4.78 is 0. The number of nitrogens with zero attached hydrogens (tertiary/aromatic N) is 2. The summed E-state index contributed by atoms with van der Waals surface area (Å²) in [6.45, 7) is 3.83. The van der Waals surface area contributed by atoms with Crippen molar-refractivity contribution in [3.8, 4) is 6.07 Å². The summed E-state index contributed by atoms with van der Waals surface area (Å²) in [4.78, 5) is 4.23. The predicted octanol–water partition coefficient (Wildman–Crippen LogP) is 2.38. The molecule has 0 atom stereocenters. The second-order valence-electron chi connectivity index (χ2n) is 2.25. The number of thiazole rings is 1. The Labute approximate surface area is 69.8 Å². The van der Waals surface area contributed by atoms with Crippen LogP contribution in [0.1, 0.15) is 17.6 Å². The quantitative estimate of drug-likeness (QED) is 0.597. The Morgan fingerprint density at radius 2 is 2.55 bits per heavy atom. The zero-order valence-corrected chi connectivity index (χ0v) is 7.27. The molecule has 0 aliphatic heterocycles. The average Bonchev–Trinajstić information content (AvgIpc) is 2.36. The summed E-state index contributed by atoms with van der Waals surface area (Å²) in [5.74, 6) is 0. The monoisotopic (exact) mass is 164 g/mol. The van der Waals surface area contributed by atoms with Crippen LogP contribution < -0.4 is 0 Å². The van der Waals surface area contributed by atoms with E-state index in [1.165, 1.54) is 6.08 Å². The van der Waals surface area contributed by atoms with E-state index in [0.29, 0.717) is 0 Å². The van der Waals surface area contributed by atoms with Gasteiger partial charge >= 0.3 is 0 Å². The topological polar surface area (TPSA) is 36.7 Å². The summed E-state index contributed by atoms with van der Waals surface area (Å²) in [5.41, 5.74) is 1.95. The van der Waals surface area contributed by atoms with Crippen molar-refractivity contribution in [2.24, 2.45) is 0 Å². The van der Waals surface area contributed by atoms with Crippen LogP contribution in [0.4, 0.5) is 0 Å². The van der Waals surface area contributed by atoms with Crippen molar-refractivity contribution < 1.29 is 0 Å². The van der Waals surface area contributed by atoms with Crippen molar-refractivity contribution in [2.45, 2.75) is 13.8 Å². The molecule has 0 aliphatic carbocycles. The first-order valence-corrected chi connectivity index (χ1v) is 4.11. The van der Waals surface area contributed by atoms with Crippen molar-refractivity contribution in [3.63, 3.8) is 0 Å². The number of allylic oxidation sites excluding steroid dienone is 2. The Kier molecular flexibility index (Phi) is 2.40. The summed E-state index contributed by atoms with van der Waals surface area (Å²) in [6.07, 6.45) is 1.51. The van der Waals surface area contributed by atoms with Gasteiger partial charge in [0.2, 0.25) is 0 Å². The molecular weight excluding hydrogens is 156 g/mol. The van der Waals surface area contributed by atoms with E-state index in [4.69, 9.17) is 5.26 Å². The van der Waals surface area contributed by atoms with Crippen LogP contribution >= 0.6 is 11.3 Å². The zero-order valence-electron chi connectivity index (χ0n) is 6.46. The van der Waals surface area contributed by atoms with Crippen molar-refractivity contribution >= 4 is 16.9 Å². The molecule has 0 N–H and O–H groups in total. The molecule has 0 unspecified atom stereocenters. The highest BCUT2D eigenvalue weighted by Gasteiger charge is 1.98. The Bertz CT molecular complexity index is 317. The van der Waals surface area contributed by atoms with Crippen LogP contribution in [0.25, 0.3) is 5.57 Å². The lowest BCUT2D eigenvalue weighted by atomic mass is 10.3. The summed E-state index contributed by atoms with van der Waals surface area (Å²) in [5, 5.41) is 11.3. The van der Waals surface area contributed by atoms with Crippen LogP contribution in [0.5, 0.6) is 0 Å². The molecule has 0 bridgehead atoms. The largest absolute Gasteiger partial charge is 0.242 e. The van der Waals surface area contributed by atoms with Crippen molar-refractivity contribution in [2.75, 3.05) is 0 Å². The highest BCUT2D eigenvalue weighted by molar-refractivity contribution is 7.10. The molecular formula is C8H8N2S. The Hall–Kier alpha value is -1.14. The molecule has 1 heterocycles. The second kappa shape index (κ2) is 3.31. The molecule has 0 amide bonds. The van der Waals surface area contributed by atoms with Gasteiger partial charge in [-0.25, -0.2) is 4.98 Å². The standard InChI is InChI=1S/C8H8N2S/c1-6(3-4-9)8-10-7(2)5-11-8/h3,5H,1-2H3. The second-order valence-corrected chi connectivity index (χ2v) is 3.11. The summed E-state index contributed by atoms with van der Waals surface area (Å²) in [7, 11) is 0. The molecule has 0 saturated heterocycles. The molecule has 0 saturated carbocycles. The van der Waals surface area contributed by atoms with Crippen LogP contribution in [-0.4, -0.2) is 4.98 Å². The minimum atomic E-state index is 0.934. The first kappa shape index (κ1) is 7.96. The minimum Gasteiger partial charge on any atom is -0.242 e. The third-order valence-electron chi connectivity index (χ3n) is 1.24. The molecule has 0 fully saturated rings. The van der Waals surface area contributed by atoms with Gasteiger partial charge < -0.3 is 0 Å². The summed E-state index contributed by atoms with van der Waals surface area (Å²) in [6, 6.07) is 1.98. The molecule has 0 radical (unpaired) electrons. The van der Waals surface area contributed by atoms with Crippen LogP contribution in [0.3, 0.4) is 0 Å². The fourth-order valence-corrected chi connectivity index (χ4v) is 1.47. The van der Waals surface area contributed by atoms with E-state index in [-0.39, 0.29) is 0 Å². The van der Waals surface area contributed by atoms with Gasteiger partial charge in [0.25, 0.3) is 0 Å². The van der Waals surface area contributed by atoms with E-state index in [1.54, 1.807) is 11.3 Å². The van der Waals surface area contributed by atoms with Crippen LogP contribution in [0, 0.1) is 18.3 Å². The average molecular weight is 164 g/mol. The third-order valence-corrected chi connectivity index (χ3v) is 2.33. The molecule has 0 spiro atoms. The predicted molar refractivity (Wildman–Crippen MR) is 46.1 cm³/mol. The summed E-state index contributed by atoms with van der Waals surface area (Å²) >= 11 is 1.57. The number of aryl methyl sites for hydroxylation is 1. The number of hydrogen-bond donors (Lipinski definition) is 0. The molecule has 1 rings (SSSR count). The number of hydrogen-bond acceptors (Lipinski definition) is 3. The fourth-order valence-electron chi connectivity index (χ4n) is 0.694. The normalized spacial score (nSPS) is 11.2. The lowest BCUT2D eigenvalue weighted by Gasteiger charge is -1.88. The number of nitriles is 1. The molecule has 0 aromatic carbocycles. The maximum absolute atomic E-state index is 8.36. The molecule has 11 heavy (non-hydrogen) atoms. The van der Waals surface area contributed by atoms with Crippen molar-refractivity contribution in [1.82, 2.24) is 4.98 Å². The van der Waals surface area contributed by atoms with Gasteiger partial charge in [-0.1, -0.05) is 0 Å². The third kappa shape index (κ3) is 1.89. The molecule has 3 heteroatoms. The Balaban J connectivity index is 2.95. The fraction of sp³-hybridized carbons (Fsp3) is 0.250. The van der Waals surface area contributed by atoms with Gasteiger partial charge in [-0.05, 0) is 19.4 Å². The van der Waals surface area contributed by atoms with E-state index in [0.717, 1.165) is 16.3 Å². The molecule has 56 valence electrons. The first-order chi connectivity index (χ1) is 5.24. The lowest BCUT2D eigenvalue weighted by Crippen LogP contribution is -1.76. The van der Waals surface area contributed by atoms with Gasteiger partial charge in [0.15, 0.2) is 0 Å². The molecule has 2 nitrogen and oxygen atoms in total. The van der Waals surface area contributed by atoms with E-state index in [9.17, 15) is 0 Å². The van der Waals surface area contributed by atoms with Gasteiger partial charge in [0.1, 0.15) is 5.01 Å². The zero-order chi connectivity index (χ0) is 8.27. The highest BCUT2D eigenvalue weighted by Crippen LogP contribution is 2.17. The molecule has 0 aliphatic rings. The highest BCUT2D eigenvalue weighted by atomic mass is 32.1. The minimum absolute atomic E-state index is 0.934. The van der Waals surface area contributed by atoms with Gasteiger partial charge in [0.05, 0.1) is 6.07 Å². The van der Waals surface area contributed by atoms with Gasteiger partial charge in [-0.2, -0.15) is 5.26 Å². The van der Waals surface area contributed by atoms with Gasteiger partial charge in [-0.15, -0.1) is 11.3 Å². The van der Waals surface area contributed by atoms with E-state index in [1.807, 2.05) is 25.3 Å². The van der Waals surface area contributed by atoms with Crippen molar-refractivity contribution in [1.29, 1.82) is 5.26 Å². The van der Waals surface area contributed by atoms with Gasteiger partial charge in [-0.3, -0.25) is 0 Å². The molecule has 1 aromatic heterocycles. The maximum Gasteiger partial charge on any atom is 0.119 e. The van der Waals surface area contributed by atoms with E-state index < -0.39 is 0 Å².